The average molecular weight is 183 g/mol. The first-order valence-corrected chi connectivity index (χ1v) is 3.50. The minimum absolute atomic E-state index is 0.101. The van der Waals surface area contributed by atoms with Crippen molar-refractivity contribution in [2.75, 3.05) is 14.2 Å². The summed E-state index contributed by atoms with van der Waals surface area (Å²) >= 11 is 0. The van der Waals surface area contributed by atoms with Gasteiger partial charge < -0.3 is 14.6 Å². The molecule has 0 radical (unpaired) electrons. The Balaban J connectivity index is 3.14. The van der Waals surface area contributed by atoms with Crippen LogP contribution in [0.4, 0.5) is 0 Å². The van der Waals surface area contributed by atoms with Gasteiger partial charge in [-0.05, 0) is 0 Å². The quantitative estimate of drug-likeness (QED) is 0.750. The molecule has 70 valence electrons. The molecule has 0 aliphatic heterocycles. The molecule has 0 aliphatic carbocycles. The number of carboxylic acid groups (broad SMARTS) is 1. The fraction of sp³-hybridized carbons (Fsp3) is 0.250. The maximum Gasteiger partial charge on any atom is 0.354 e. The van der Waals surface area contributed by atoms with E-state index in [1.165, 1.54) is 26.4 Å². The summed E-state index contributed by atoms with van der Waals surface area (Å²) in [5, 5.41) is 8.65. The highest BCUT2D eigenvalue weighted by Crippen LogP contribution is 2.18. The third kappa shape index (κ3) is 2.08. The molecule has 1 N–H and O–H groups in total. The number of methoxy groups -OCH3 is 2. The number of carbonyl (C=O) groups is 1. The topological polar surface area (TPSA) is 68.7 Å². The van der Waals surface area contributed by atoms with Crippen LogP contribution in [0.1, 0.15) is 10.5 Å². The lowest BCUT2D eigenvalue weighted by molar-refractivity contribution is 0.0689. The second-order valence-corrected chi connectivity index (χ2v) is 2.24. The second-order valence-electron chi connectivity index (χ2n) is 2.24. The van der Waals surface area contributed by atoms with Gasteiger partial charge in [-0.1, -0.05) is 0 Å². The Morgan fingerprint density at radius 1 is 1.38 bits per heavy atom. The standard InChI is InChI=1S/C8H9NO4/c1-12-5-3-6(8(10)11)9-7(4-5)13-2/h3-4H,1-2H3,(H,10,11). The summed E-state index contributed by atoms with van der Waals surface area (Å²) < 4.78 is 9.66. The van der Waals surface area contributed by atoms with E-state index >= 15 is 0 Å². The van der Waals surface area contributed by atoms with Gasteiger partial charge in [-0.2, -0.15) is 0 Å². The summed E-state index contributed by atoms with van der Waals surface area (Å²) in [7, 11) is 2.85. The van der Waals surface area contributed by atoms with Crippen LogP contribution in [0.2, 0.25) is 0 Å². The minimum atomic E-state index is -1.11. The van der Waals surface area contributed by atoms with Gasteiger partial charge in [0.25, 0.3) is 0 Å². The first kappa shape index (κ1) is 9.31. The molecule has 0 unspecified atom stereocenters. The third-order valence-electron chi connectivity index (χ3n) is 1.44. The smallest absolute Gasteiger partial charge is 0.354 e. The van der Waals surface area contributed by atoms with Crippen LogP contribution in [0.3, 0.4) is 0 Å². The molecule has 0 aliphatic rings. The van der Waals surface area contributed by atoms with Crippen LogP contribution >= 0.6 is 0 Å². The average Bonchev–Trinajstić information content (AvgIpc) is 2.16. The van der Waals surface area contributed by atoms with E-state index < -0.39 is 5.97 Å². The molecule has 0 amide bonds. The molecular formula is C8H9NO4. The van der Waals surface area contributed by atoms with Crippen LogP contribution in [-0.2, 0) is 0 Å². The Labute approximate surface area is 74.9 Å². The van der Waals surface area contributed by atoms with Crippen LogP contribution in [0.15, 0.2) is 12.1 Å². The zero-order valence-electron chi connectivity index (χ0n) is 7.27. The number of rotatable bonds is 3. The molecule has 5 heteroatoms. The van der Waals surface area contributed by atoms with Crippen molar-refractivity contribution in [3.8, 4) is 11.6 Å². The number of hydrogen-bond acceptors (Lipinski definition) is 4. The van der Waals surface area contributed by atoms with Crippen molar-refractivity contribution < 1.29 is 19.4 Å². The molecule has 1 rings (SSSR count). The van der Waals surface area contributed by atoms with Gasteiger partial charge in [0.15, 0.2) is 5.69 Å². The molecule has 0 fully saturated rings. The van der Waals surface area contributed by atoms with Crippen LogP contribution in [0.25, 0.3) is 0 Å². The number of nitrogens with zero attached hydrogens (tertiary/aromatic N) is 1. The molecule has 0 aromatic carbocycles. The van der Waals surface area contributed by atoms with Crippen LogP contribution < -0.4 is 9.47 Å². The van der Waals surface area contributed by atoms with Gasteiger partial charge in [0, 0.05) is 12.1 Å². The molecule has 0 atom stereocenters. The Hall–Kier alpha value is -1.78. The number of aromatic nitrogens is 1. The number of ether oxygens (including phenoxy) is 2. The highest BCUT2D eigenvalue weighted by atomic mass is 16.5. The number of aromatic carboxylic acids is 1. The van der Waals surface area contributed by atoms with Crippen molar-refractivity contribution in [3.63, 3.8) is 0 Å². The summed E-state index contributed by atoms with van der Waals surface area (Å²) in [5.41, 5.74) is -0.101. The van der Waals surface area contributed by atoms with Crippen molar-refractivity contribution in [3.05, 3.63) is 17.8 Å². The molecule has 0 saturated carbocycles. The van der Waals surface area contributed by atoms with Gasteiger partial charge >= 0.3 is 5.97 Å². The molecule has 0 bridgehead atoms. The third-order valence-corrected chi connectivity index (χ3v) is 1.44. The fourth-order valence-corrected chi connectivity index (χ4v) is 0.813. The maximum absolute atomic E-state index is 10.6. The highest BCUT2D eigenvalue weighted by molar-refractivity contribution is 5.85. The molecule has 1 aromatic heterocycles. The molecule has 1 aromatic rings. The molecule has 0 saturated heterocycles. The van der Waals surface area contributed by atoms with Crippen molar-refractivity contribution >= 4 is 5.97 Å². The first-order chi connectivity index (χ1) is 6.17. The Morgan fingerprint density at radius 2 is 2.08 bits per heavy atom. The van der Waals surface area contributed by atoms with Gasteiger partial charge in [0.1, 0.15) is 5.75 Å². The van der Waals surface area contributed by atoms with Gasteiger partial charge in [-0.25, -0.2) is 9.78 Å². The summed E-state index contributed by atoms with van der Waals surface area (Å²) in [6.07, 6.45) is 0. The summed E-state index contributed by atoms with van der Waals surface area (Å²) in [5.74, 6) is -0.488. The van der Waals surface area contributed by atoms with E-state index in [0.29, 0.717) is 5.75 Å². The van der Waals surface area contributed by atoms with Crippen LogP contribution in [-0.4, -0.2) is 30.3 Å². The van der Waals surface area contributed by atoms with Crippen LogP contribution in [0, 0.1) is 0 Å². The van der Waals surface area contributed by atoms with Crippen molar-refractivity contribution in [1.29, 1.82) is 0 Å². The van der Waals surface area contributed by atoms with Gasteiger partial charge in [0.2, 0.25) is 5.88 Å². The summed E-state index contributed by atoms with van der Waals surface area (Å²) in [6.45, 7) is 0. The van der Waals surface area contributed by atoms with E-state index in [1.54, 1.807) is 0 Å². The maximum atomic E-state index is 10.6. The van der Waals surface area contributed by atoms with Gasteiger partial charge in [0.05, 0.1) is 14.2 Å². The Kier molecular flexibility index (Phi) is 2.69. The predicted octanol–water partition coefficient (Wildman–Crippen LogP) is 0.797. The van der Waals surface area contributed by atoms with E-state index in [1.807, 2.05) is 0 Å². The SMILES string of the molecule is COc1cc(OC)nc(C(=O)O)c1. The largest absolute Gasteiger partial charge is 0.496 e. The number of hydrogen-bond donors (Lipinski definition) is 1. The monoisotopic (exact) mass is 183 g/mol. The van der Waals surface area contributed by atoms with E-state index in [9.17, 15) is 4.79 Å². The van der Waals surface area contributed by atoms with E-state index in [0.717, 1.165) is 0 Å². The van der Waals surface area contributed by atoms with Crippen molar-refractivity contribution in [2.45, 2.75) is 0 Å². The Morgan fingerprint density at radius 3 is 2.54 bits per heavy atom. The van der Waals surface area contributed by atoms with E-state index in [2.05, 4.69) is 4.98 Å². The zero-order valence-corrected chi connectivity index (χ0v) is 7.27. The lowest BCUT2D eigenvalue weighted by atomic mass is 10.3. The molecule has 5 nitrogen and oxygen atoms in total. The minimum Gasteiger partial charge on any atom is -0.496 e. The lowest BCUT2D eigenvalue weighted by Crippen LogP contribution is -2.02. The lowest BCUT2D eigenvalue weighted by Gasteiger charge is -2.03. The van der Waals surface area contributed by atoms with E-state index in [-0.39, 0.29) is 11.6 Å². The molecule has 0 spiro atoms. The summed E-state index contributed by atoms with van der Waals surface area (Å²) in [6, 6.07) is 2.83. The van der Waals surface area contributed by atoms with E-state index in [4.69, 9.17) is 14.6 Å². The molecule has 13 heavy (non-hydrogen) atoms. The Bertz CT molecular complexity index is 302. The molecular weight excluding hydrogens is 174 g/mol. The first-order valence-electron chi connectivity index (χ1n) is 3.50. The number of pyridine rings is 1. The fourth-order valence-electron chi connectivity index (χ4n) is 0.813. The van der Waals surface area contributed by atoms with Gasteiger partial charge in [-0.15, -0.1) is 0 Å². The molecule has 1 heterocycles. The second kappa shape index (κ2) is 3.75. The predicted molar refractivity (Wildman–Crippen MR) is 44.3 cm³/mol. The summed E-state index contributed by atoms with van der Waals surface area (Å²) in [4.78, 5) is 14.3. The zero-order chi connectivity index (χ0) is 9.84. The normalized spacial score (nSPS) is 9.38. The van der Waals surface area contributed by atoms with Crippen LogP contribution in [0.5, 0.6) is 11.6 Å². The van der Waals surface area contributed by atoms with Crippen molar-refractivity contribution in [2.24, 2.45) is 0 Å². The van der Waals surface area contributed by atoms with Crippen molar-refractivity contribution in [1.82, 2.24) is 4.98 Å². The number of carboxylic acids is 1. The van der Waals surface area contributed by atoms with Gasteiger partial charge in [-0.3, -0.25) is 0 Å². The highest BCUT2D eigenvalue weighted by Gasteiger charge is 2.08.